The van der Waals surface area contributed by atoms with Gasteiger partial charge in [0.1, 0.15) is 0 Å². The number of aryl methyl sites for hydroxylation is 2. The maximum absolute atomic E-state index is 4.54. The van der Waals surface area contributed by atoms with Crippen LogP contribution < -0.4 is 5.32 Å². The molecular weight excluding hydrogens is 236 g/mol. The third-order valence-electron chi connectivity index (χ3n) is 3.20. The first-order valence-corrected chi connectivity index (χ1v) is 6.88. The summed E-state index contributed by atoms with van der Waals surface area (Å²) in [4.78, 5) is 8.74. The number of aromatic nitrogens is 3. The summed E-state index contributed by atoms with van der Waals surface area (Å²) in [5, 5.41) is 3.41. The number of imidazole rings is 1. The van der Waals surface area contributed by atoms with Gasteiger partial charge in [0.15, 0.2) is 0 Å². The third kappa shape index (κ3) is 3.56. The number of anilines is 1. The minimum absolute atomic E-state index is 0.814. The van der Waals surface area contributed by atoms with Crippen LogP contribution in [-0.4, -0.2) is 21.1 Å². The fourth-order valence-corrected chi connectivity index (χ4v) is 2.03. The van der Waals surface area contributed by atoms with Crippen molar-refractivity contribution >= 4 is 5.95 Å². The Bertz CT molecular complexity index is 531. The fraction of sp³-hybridized carbons (Fsp3) is 0.467. The smallest absolute Gasteiger partial charge is 0.203 e. The summed E-state index contributed by atoms with van der Waals surface area (Å²) in [6.45, 7) is 8.12. The molecule has 0 aromatic carbocycles. The van der Waals surface area contributed by atoms with Crippen molar-refractivity contribution in [2.24, 2.45) is 0 Å². The Labute approximate surface area is 114 Å². The highest BCUT2D eigenvalue weighted by Gasteiger charge is 2.07. The van der Waals surface area contributed by atoms with Gasteiger partial charge in [0.25, 0.3) is 0 Å². The Morgan fingerprint density at radius 3 is 2.89 bits per heavy atom. The lowest BCUT2D eigenvalue weighted by atomic mass is 10.1. The summed E-state index contributed by atoms with van der Waals surface area (Å²) in [6, 6.07) is 2.04. The molecule has 0 amide bonds. The number of hydrogen-bond donors (Lipinski definition) is 1. The van der Waals surface area contributed by atoms with Crippen LogP contribution in [0.1, 0.15) is 36.6 Å². The van der Waals surface area contributed by atoms with Crippen molar-refractivity contribution in [2.75, 3.05) is 11.9 Å². The van der Waals surface area contributed by atoms with E-state index in [0.29, 0.717) is 0 Å². The van der Waals surface area contributed by atoms with Gasteiger partial charge in [-0.2, -0.15) is 0 Å². The van der Waals surface area contributed by atoms with E-state index in [2.05, 4.69) is 39.9 Å². The van der Waals surface area contributed by atoms with Crippen molar-refractivity contribution in [2.45, 2.75) is 40.2 Å². The Morgan fingerprint density at radius 1 is 1.32 bits per heavy atom. The Morgan fingerprint density at radius 2 is 2.16 bits per heavy atom. The minimum atomic E-state index is 0.814. The lowest BCUT2D eigenvalue weighted by Crippen LogP contribution is -2.09. The molecule has 2 heterocycles. The van der Waals surface area contributed by atoms with Crippen LogP contribution in [0.2, 0.25) is 0 Å². The summed E-state index contributed by atoms with van der Waals surface area (Å²) < 4.78 is 2.16. The van der Waals surface area contributed by atoms with Crippen molar-refractivity contribution in [3.05, 3.63) is 41.5 Å². The number of unbranched alkanes of at least 4 members (excludes halogenated alkanes) is 1. The first kappa shape index (κ1) is 13.6. The van der Waals surface area contributed by atoms with Crippen molar-refractivity contribution in [3.63, 3.8) is 0 Å². The van der Waals surface area contributed by atoms with E-state index in [1.807, 2.05) is 25.4 Å². The molecule has 4 heteroatoms. The Kier molecular flexibility index (Phi) is 4.55. The molecule has 2 rings (SSSR count). The summed E-state index contributed by atoms with van der Waals surface area (Å²) in [5.74, 6) is 0.953. The van der Waals surface area contributed by atoms with Gasteiger partial charge >= 0.3 is 0 Å². The van der Waals surface area contributed by atoms with Crippen LogP contribution in [0.4, 0.5) is 5.95 Å². The molecule has 0 spiro atoms. The van der Waals surface area contributed by atoms with E-state index in [9.17, 15) is 0 Å². The van der Waals surface area contributed by atoms with E-state index in [4.69, 9.17) is 0 Å². The zero-order valence-corrected chi connectivity index (χ0v) is 12.0. The Hall–Kier alpha value is -1.84. The molecule has 0 unspecified atom stereocenters. The molecule has 0 aliphatic rings. The van der Waals surface area contributed by atoms with Gasteiger partial charge in [-0.15, -0.1) is 0 Å². The Balaban J connectivity index is 2.13. The molecule has 0 atom stereocenters. The molecule has 0 aliphatic carbocycles. The van der Waals surface area contributed by atoms with E-state index in [1.54, 1.807) is 0 Å². The van der Waals surface area contributed by atoms with Gasteiger partial charge in [-0.05, 0) is 37.5 Å². The van der Waals surface area contributed by atoms with Gasteiger partial charge in [0, 0.05) is 25.1 Å². The average Bonchev–Trinajstić information content (AvgIpc) is 2.73. The summed E-state index contributed by atoms with van der Waals surface area (Å²) in [7, 11) is 0. The van der Waals surface area contributed by atoms with Gasteiger partial charge in [0.2, 0.25) is 5.95 Å². The lowest BCUT2D eigenvalue weighted by Gasteiger charge is -2.10. The van der Waals surface area contributed by atoms with Gasteiger partial charge in [0.05, 0.1) is 12.2 Å². The third-order valence-corrected chi connectivity index (χ3v) is 3.20. The largest absolute Gasteiger partial charge is 0.356 e. The number of nitrogens with one attached hydrogen (secondary N) is 1. The minimum Gasteiger partial charge on any atom is -0.356 e. The van der Waals surface area contributed by atoms with Crippen molar-refractivity contribution in [1.29, 1.82) is 0 Å². The van der Waals surface area contributed by atoms with Gasteiger partial charge < -0.3 is 9.88 Å². The summed E-state index contributed by atoms with van der Waals surface area (Å²) >= 11 is 0. The molecule has 0 radical (unpaired) electrons. The fourth-order valence-electron chi connectivity index (χ4n) is 2.03. The monoisotopic (exact) mass is 258 g/mol. The summed E-state index contributed by atoms with van der Waals surface area (Å²) in [6.07, 6.45) is 8.20. The van der Waals surface area contributed by atoms with E-state index in [1.165, 1.54) is 17.5 Å². The second-order valence-electron chi connectivity index (χ2n) is 4.92. The zero-order valence-electron chi connectivity index (χ0n) is 12.0. The van der Waals surface area contributed by atoms with Crippen LogP contribution in [0, 0.1) is 13.8 Å². The zero-order chi connectivity index (χ0) is 13.7. The van der Waals surface area contributed by atoms with Gasteiger partial charge in [-0.3, -0.25) is 4.98 Å². The van der Waals surface area contributed by atoms with Crippen LogP contribution in [-0.2, 0) is 6.54 Å². The molecule has 0 saturated heterocycles. The van der Waals surface area contributed by atoms with Gasteiger partial charge in [-0.25, -0.2) is 4.98 Å². The molecule has 0 saturated carbocycles. The number of pyridine rings is 1. The van der Waals surface area contributed by atoms with Crippen LogP contribution in [0.5, 0.6) is 0 Å². The van der Waals surface area contributed by atoms with E-state index < -0.39 is 0 Å². The second-order valence-corrected chi connectivity index (χ2v) is 4.92. The molecule has 1 N–H and O–H groups in total. The summed E-state index contributed by atoms with van der Waals surface area (Å²) in [5.41, 5.74) is 3.54. The van der Waals surface area contributed by atoms with Crippen molar-refractivity contribution < 1.29 is 0 Å². The van der Waals surface area contributed by atoms with Crippen molar-refractivity contribution in [1.82, 2.24) is 14.5 Å². The van der Waals surface area contributed by atoms with Crippen LogP contribution in [0.15, 0.2) is 24.7 Å². The highest BCUT2D eigenvalue weighted by molar-refractivity contribution is 5.31. The van der Waals surface area contributed by atoms with E-state index in [0.717, 1.165) is 31.2 Å². The normalized spacial score (nSPS) is 10.7. The molecular formula is C15H22N4. The molecule has 0 aliphatic heterocycles. The number of nitrogens with zero attached hydrogens (tertiary/aromatic N) is 3. The van der Waals surface area contributed by atoms with Crippen LogP contribution >= 0.6 is 0 Å². The van der Waals surface area contributed by atoms with Gasteiger partial charge in [-0.1, -0.05) is 13.3 Å². The molecule has 2 aromatic heterocycles. The molecule has 4 nitrogen and oxygen atoms in total. The highest BCUT2D eigenvalue weighted by Crippen LogP contribution is 2.14. The first-order chi connectivity index (χ1) is 9.20. The topological polar surface area (TPSA) is 42.7 Å². The maximum Gasteiger partial charge on any atom is 0.203 e. The van der Waals surface area contributed by atoms with Crippen LogP contribution in [0.25, 0.3) is 0 Å². The first-order valence-electron chi connectivity index (χ1n) is 6.88. The maximum atomic E-state index is 4.54. The molecule has 102 valence electrons. The van der Waals surface area contributed by atoms with Crippen LogP contribution in [0.3, 0.4) is 0 Å². The standard InChI is InChI=1S/C15H22N4/c1-4-5-7-17-15-18-13(3)10-19(15)11-14-9-16-8-6-12(14)2/h6,8-10H,4-5,7,11H2,1-3H3,(H,17,18). The SMILES string of the molecule is CCCCNc1nc(C)cn1Cc1cnccc1C. The van der Waals surface area contributed by atoms with Crippen molar-refractivity contribution in [3.8, 4) is 0 Å². The quantitative estimate of drug-likeness (QED) is 0.809. The predicted molar refractivity (Wildman–Crippen MR) is 78.4 cm³/mol. The average molecular weight is 258 g/mol. The predicted octanol–water partition coefficient (Wildman–Crippen LogP) is 3.16. The van der Waals surface area contributed by atoms with E-state index in [-0.39, 0.29) is 0 Å². The molecule has 0 bridgehead atoms. The molecule has 19 heavy (non-hydrogen) atoms. The molecule has 0 fully saturated rings. The second kappa shape index (κ2) is 6.36. The lowest BCUT2D eigenvalue weighted by molar-refractivity contribution is 0.770. The highest BCUT2D eigenvalue weighted by atomic mass is 15.2. The number of rotatable bonds is 6. The number of hydrogen-bond acceptors (Lipinski definition) is 3. The molecule has 2 aromatic rings. The van der Waals surface area contributed by atoms with E-state index >= 15 is 0 Å².